The Labute approximate surface area is 256 Å². The van der Waals surface area contributed by atoms with E-state index < -0.39 is 28.9 Å². The molecule has 0 aromatic heterocycles. The Morgan fingerprint density at radius 2 is 1.56 bits per heavy atom. The van der Waals surface area contributed by atoms with Crippen molar-refractivity contribution in [1.82, 2.24) is 15.1 Å². The van der Waals surface area contributed by atoms with Gasteiger partial charge in [0.05, 0.1) is 25.8 Å². The molecule has 5 rings (SSSR count). The number of halogens is 3. The number of alkyl carbamates (subject to hydrolysis) is 1. The molecule has 0 spiro atoms. The molecule has 2 saturated heterocycles. The largest absolute Gasteiger partial charge is 0.453 e. The average molecular weight is 618 g/mol. The molecule has 2 amide bonds. The lowest BCUT2D eigenvalue weighted by molar-refractivity contribution is -0.114. The lowest BCUT2D eigenvalue weighted by atomic mass is 9.80. The van der Waals surface area contributed by atoms with E-state index in [9.17, 15) is 18.4 Å². The number of morpholine rings is 1. The van der Waals surface area contributed by atoms with Gasteiger partial charge in [-0.3, -0.25) is 4.79 Å². The number of ether oxygens (including phenoxy) is 2. The first-order chi connectivity index (χ1) is 19.8. The third kappa shape index (κ3) is 7.51. The predicted octanol–water partition coefficient (Wildman–Crippen LogP) is 4.67. The Balaban J connectivity index is 0.00000253. The standard InChI is InChI=1S/C32H35F2N3O4.ClH.H2O/c1-40-30(39)35-31(25-10-6-3-7-11-25)14-17-36(18-15-31)19-16-32(26-12-13-27(33)28(34)22-26)23-37(20-21-41-32)29(38)24-8-4-2-5-9-24;;/h2-13,22H,14-21,23H2,1H3,(H,35,39);1H;1H2. The topological polar surface area (TPSA) is 103 Å². The molecule has 11 heteroatoms. The van der Waals surface area contributed by atoms with Crippen LogP contribution in [0, 0.1) is 11.6 Å². The van der Waals surface area contributed by atoms with Crippen LogP contribution in [0.5, 0.6) is 0 Å². The maximum atomic E-state index is 14.4. The van der Waals surface area contributed by atoms with Crippen molar-refractivity contribution in [3.05, 3.63) is 107 Å². The van der Waals surface area contributed by atoms with Crippen LogP contribution < -0.4 is 5.32 Å². The van der Waals surface area contributed by atoms with Crippen molar-refractivity contribution >= 4 is 24.4 Å². The minimum Gasteiger partial charge on any atom is -0.453 e. The summed E-state index contributed by atoms with van der Waals surface area (Å²) < 4.78 is 39.6. The molecule has 3 aromatic rings. The van der Waals surface area contributed by atoms with Crippen molar-refractivity contribution < 1.29 is 33.3 Å². The molecule has 0 radical (unpaired) electrons. The highest BCUT2D eigenvalue weighted by molar-refractivity contribution is 5.94. The van der Waals surface area contributed by atoms with Crippen LogP contribution in [-0.4, -0.2) is 73.7 Å². The van der Waals surface area contributed by atoms with Gasteiger partial charge >= 0.3 is 6.09 Å². The first-order valence-corrected chi connectivity index (χ1v) is 13.9. The normalized spacial score (nSPS) is 19.8. The van der Waals surface area contributed by atoms with Gasteiger partial charge in [0.25, 0.3) is 5.91 Å². The van der Waals surface area contributed by atoms with Crippen LogP contribution in [-0.2, 0) is 20.6 Å². The number of nitrogens with one attached hydrogen (secondary N) is 1. The number of nitrogens with zero attached hydrogens (tertiary/aromatic N) is 2. The highest BCUT2D eigenvalue weighted by atomic mass is 35.5. The van der Waals surface area contributed by atoms with Gasteiger partial charge in [-0.05, 0) is 54.7 Å². The number of hydrogen-bond acceptors (Lipinski definition) is 5. The summed E-state index contributed by atoms with van der Waals surface area (Å²) >= 11 is 0. The minimum absolute atomic E-state index is 0. The first-order valence-electron chi connectivity index (χ1n) is 13.9. The molecule has 0 saturated carbocycles. The van der Waals surface area contributed by atoms with Gasteiger partial charge in [0.1, 0.15) is 5.60 Å². The summed E-state index contributed by atoms with van der Waals surface area (Å²) in [4.78, 5) is 29.6. The van der Waals surface area contributed by atoms with Crippen molar-refractivity contribution in [2.24, 2.45) is 0 Å². The molecule has 0 bridgehead atoms. The highest BCUT2D eigenvalue weighted by Gasteiger charge is 2.42. The van der Waals surface area contributed by atoms with Crippen molar-refractivity contribution in [3.8, 4) is 0 Å². The lowest BCUT2D eigenvalue weighted by Crippen LogP contribution is -2.55. The Morgan fingerprint density at radius 3 is 2.19 bits per heavy atom. The minimum atomic E-state index is -1.00. The summed E-state index contributed by atoms with van der Waals surface area (Å²) in [5.41, 5.74) is 0.539. The van der Waals surface area contributed by atoms with E-state index in [0.29, 0.717) is 56.6 Å². The van der Waals surface area contributed by atoms with E-state index in [1.54, 1.807) is 23.1 Å². The van der Waals surface area contributed by atoms with E-state index >= 15 is 0 Å². The van der Waals surface area contributed by atoms with E-state index in [1.165, 1.54) is 13.2 Å². The molecular weight excluding hydrogens is 580 g/mol. The zero-order valence-corrected chi connectivity index (χ0v) is 24.9. The average Bonchev–Trinajstić information content (AvgIpc) is 3.02. The number of likely N-dealkylation sites (tertiary alicyclic amines) is 1. The SMILES string of the molecule is COC(=O)NC1(c2ccccc2)CCN(CCC2(c3ccc(F)c(F)c3)CN(C(=O)c3ccccc3)CCO2)CC1.Cl.O. The van der Waals surface area contributed by atoms with E-state index in [4.69, 9.17) is 9.47 Å². The van der Waals surface area contributed by atoms with Crippen LogP contribution in [0.2, 0.25) is 0 Å². The van der Waals surface area contributed by atoms with Crippen LogP contribution in [0.15, 0.2) is 78.9 Å². The summed E-state index contributed by atoms with van der Waals surface area (Å²) in [6, 6.07) is 22.7. The molecule has 1 unspecified atom stereocenters. The third-order valence-corrected chi connectivity index (χ3v) is 8.33. The van der Waals surface area contributed by atoms with Crippen molar-refractivity contribution in [2.75, 3.05) is 46.4 Å². The maximum absolute atomic E-state index is 14.4. The number of carbonyl (C=O) groups is 2. The molecule has 2 heterocycles. The van der Waals surface area contributed by atoms with Gasteiger partial charge in [0, 0.05) is 31.7 Å². The number of carbonyl (C=O) groups excluding carboxylic acids is 2. The zero-order valence-electron chi connectivity index (χ0n) is 24.1. The highest BCUT2D eigenvalue weighted by Crippen LogP contribution is 2.37. The van der Waals surface area contributed by atoms with Crippen molar-refractivity contribution in [3.63, 3.8) is 0 Å². The zero-order chi connectivity index (χ0) is 28.9. The van der Waals surface area contributed by atoms with E-state index in [2.05, 4.69) is 10.2 Å². The third-order valence-electron chi connectivity index (χ3n) is 8.33. The molecular formula is C32H38ClF2N3O5. The quantitative estimate of drug-likeness (QED) is 0.415. The van der Waals surface area contributed by atoms with Crippen LogP contribution in [0.1, 0.15) is 40.7 Å². The molecule has 8 nitrogen and oxygen atoms in total. The van der Waals surface area contributed by atoms with Gasteiger partial charge in [-0.1, -0.05) is 54.6 Å². The molecule has 232 valence electrons. The molecule has 3 N–H and O–H groups in total. The molecule has 1 atom stereocenters. The van der Waals surface area contributed by atoms with Crippen molar-refractivity contribution in [2.45, 2.75) is 30.4 Å². The van der Waals surface area contributed by atoms with E-state index in [1.807, 2.05) is 48.5 Å². The maximum Gasteiger partial charge on any atom is 0.407 e. The van der Waals surface area contributed by atoms with Gasteiger partial charge in [-0.25, -0.2) is 13.6 Å². The number of rotatable bonds is 7. The van der Waals surface area contributed by atoms with Gasteiger partial charge in [-0.15, -0.1) is 12.4 Å². The van der Waals surface area contributed by atoms with Crippen LogP contribution >= 0.6 is 12.4 Å². The second-order valence-electron chi connectivity index (χ2n) is 10.7. The monoisotopic (exact) mass is 617 g/mol. The number of methoxy groups -OCH3 is 1. The summed E-state index contributed by atoms with van der Waals surface area (Å²) in [7, 11) is 1.36. The van der Waals surface area contributed by atoms with Gasteiger partial charge in [0.15, 0.2) is 11.6 Å². The Morgan fingerprint density at radius 1 is 0.907 bits per heavy atom. The number of piperidine rings is 1. The van der Waals surface area contributed by atoms with Crippen LogP contribution in [0.4, 0.5) is 13.6 Å². The number of benzene rings is 3. The second kappa shape index (κ2) is 14.7. The van der Waals surface area contributed by atoms with Gasteiger partial charge in [0.2, 0.25) is 0 Å². The van der Waals surface area contributed by atoms with Crippen molar-refractivity contribution in [1.29, 1.82) is 0 Å². The van der Waals surface area contributed by atoms with Gasteiger partial charge in [-0.2, -0.15) is 0 Å². The molecule has 2 fully saturated rings. The second-order valence-corrected chi connectivity index (χ2v) is 10.7. The smallest absolute Gasteiger partial charge is 0.407 e. The van der Waals surface area contributed by atoms with Crippen LogP contribution in [0.25, 0.3) is 0 Å². The van der Waals surface area contributed by atoms with Crippen LogP contribution in [0.3, 0.4) is 0 Å². The fourth-order valence-corrected chi connectivity index (χ4v) is 5.96. The Kier molecular flexibility index (Phi) is 11.6. The molecule has 2 aliphatic rings. The Bertz CT molecular complexity index is 1360. The lowest BCUT2D eigenvalue weighted by Gasteiger charge is -2.46. The molecule has 0 aliphatic carbocycles. The fourth-order valence-electron chi connectivity index (χ4n) is 5.96. The summed E-state index contributed by atoms with van der Waals surface area (Å²) in [5.74, 6) is -2.00. The summed E-state index contributed by atoms with van der Waals surface area (Å²) in [5, 5.41) is 3.07. The number of amides is 2. The summed E-state index contributed by atoms with van der Waals surface area (Å²) in [6.45, 7) is 2.89. The fraction of sp³-hybridized carbons (Fsp3) is 0.375. The summed E-state index contributed by atoms with van der Waals surface area (Å²) in [6.07, 6.45) is 1.34. The van der Waals surface area contributed by atoms with Gasteiger partial charge < -0.3 is 30.1 Å². The van der Waals surface area contributed by atoms with E-state index in [-0.39, 0.29) is 36.9 Å². The predicted molar refractivity (Wildman–Crippen MR) is 161 cm³/mol. The molecule has 2 aliphatic heterocycles. The first kappa shape index (κ1) is 33.9. The molecule has 3 aromatic carbocycles. The molecule has 43 heavy (non-hydrogen) atoms. The van der Waals surface area contributed by atoms with E-state index in [0.717, 1.165) is 11.6 Å². The number of hydrogen-bond donors (Lipinski definition) is 1. The Hall–Kier alpha value is -3.57.